The van der Waals surface area contributed by atoms with Crippen molar-refractivity contribution in [2.24, 2.45) is 0 Å². The first kappa shape index (κ1) is 10.6. The van der Waals surface area contributed by atoms with Crippen LogP contribution in [0.3, 0.4) is 0 Å². The highest BCUT2D eigenvalue weighted by molar-refractivity contribution is 5.21. The van der Waals surface area contributed by atoms with E-state index in [4.69, 9.17) is 4.74 Å². The molecule has 1 N–H and O–H groups in total. The van der Waals surface area contributed by atoms with Crippen molar-refractivity contribution in [3.63, 3.8) is 0 Å². The summed E-state index contributed by atoms with van der Waals surface area (Å²) in [5.41, 5.74) is 0.0969. The number of pyridine rings is 1. The van der Waals surface area contributed by atoms with Crippen LogP contribution in [0.5, 0.6) is 0 Å². The number of nitrogens with zero attached hydrogens (tertiary/aromatic N) is 1. The first-order valence-electron chi connectivity index (χ1n) is 5.43. The smallest absolute Gasteiger partial charge is 0.116 e. The molecule has 1 aliphatic carbocycles. The fraction of sp³-hybridized carbons (Fsp3) is 0.583. The second kappa shape index (κ2) is 4.29. The minimum Gasteiger partial charge on any atom is -0.382 e. The van der Waals surface area contributed by atoms with E-state index in [9.17, 15) is 5.11 Å². The number of methoxy groups -OCH3 is 1. The lowest BCUT2D eigenvalue weighted by Crippen LogP contribution is -2.43. The molecule has 1 heterocycles. The molecule has 3 heteroatoms. The summed E-state index contributed by atoms with van der Waals surface area (Å²) in [5.74, 6) is 0. The minimum atomic E-state index is -0.823. The Balaban J connectivity index is 2.30. The van der Waals surface area contributed by atoms with Crippen molar-refractivity contribution in [1.82, 2.24) is 4.98 Å². The number of rotatable bonds is 2. The van der Waals surface area contributed by atoms with Gasteiger partial charge < -0.3 is 9.84 Å². The molecule has 1 aliphatic rings. The Bertz CT molecular complexity index is 315. The van der Waals surface area contributed by atoms with Crippen molar-refractivity contribution < 1.29 is 9.84 Å². The Morgan fingerprint density at radius 3 is 2.80 bits per heavy atom. The molecule has 3 nitrogen and oxygen atoms in total. The zero-order valence-electron chi connectivity index (χ0n) is 9.02. The van der Waals surface area contributed by atoms with E-state index < -0.39 is 5.60 Å². The van der Waals surface area contributed by atoms with Gasteiger partial charge in [-0.05, 0) is 30.5 Å². The van der Waals surface area contributed by atoms with Crippen LogP contribution in [0, 0.1) is 0 Å². The quantitative estimate of drug-likeness (QED) is 0.804. The van der Waals surface area contributed by atoms with E-state index in [0.717, 1.165) is 31.2 Å². The molecule has 0 aliphatic heterocycles. The van der Waals surface area contributed by atoms with Crippen LogP contribution in [-0.2, 0) is 10.3 Å². The molecule has 1 saturated carbocycles. The summed E-state index contributed by atoms with van der Waals surface area (Å²) >= 11 is 0. The van der Waals surface area contributed by atoms with Crippen LogP contribution >= 0.6 is 0 Å². The predicted octanol–water partition coefficient (Wildman–Crippen LogP) is 1.86. The Morgan fingerprint density at radius 2 is 2.13 bits per heavy atom. The molecular weight excluding hydrogens is 190 g/mol. The molecule has 0 spiro atoms. The summed E-state index contributed by atoms with van der Waals surface area (Å²) in [6.45, 7) is 0. The van der Waals surface area contributed by atoms with Gasteiger partial charge in [-0.15, -0.1) is 0 Å². The largest absolute Gasteiger partial charge is 0.382 e. The molecule has 2 unspecified atom stereocenters. The fourth-order valence-corrected chi connectivity index (χ4v) is 2.41. The molecule has 0 bridgehead atoms. The van der Waals surface area contributed by atoms with E-state index >= 15 is 0 Å². The Kier molecular flexibility index (Phi) is 3.03. The maximum atomic E-state index is 10.6. The maximum Gasteiger partial charge on any atom is 0.116 e. The van der Waals surface area contributed by atoms with Gasteiger partial charge in [0.25, 0.3) is 0 Å². The second-order valence-corrected chi connectivity index (χ2v) is 4.13. The molecule has 0 saturated heterocycles. The van der Waals surface area contributed by atoms with E-state index in [0.29, 0.717) is 0 Å². The second-order valence-electron chi connectivity index (χ2n) is 4.13. The molecule has 0 radical (unpaired) electrons. The van der Waals surface area contributed by atoms with Crippen molar-refractivity contribution in [2.75, 3.05) is 7.11 Å². The van der Waals surface area contributed by atoms with Gasteiger partial charge in [-0.2, -0.15) is 0 Å². The molecule has 2 rings (SSSR count). The van der Waals surface area contributed by atoms with E-state index in [-0.39, 0.29) is 6.10 Å². The Morgan fingerprint density at radius 1 is 1.40 bits per heavy atom. The highest BCUT2D eigenvalue weighted by Gasteiger charge is 2.40. The zero-order valence-corrected chi connectivity index (χ0v) is 9.02. The molecule has 82 valence electrons. The SMILES string of the molecule is COC1CCCCC1(O)c1ccncc1. The summed E-state index contributed by atoms with van der Waals surface area (Å²) < 4.78 is 5.39. The minimum absolute atomic E-state index is 0.0892. The summed E-state index contributed by atoms with van der Waals surface area (Å²) in [6.07, 6.45) is 7.23. The van der Waals surface area contributed by atoms with Crippen LogP contribution in [0.25, 0.3) is 0 Å². The summed E-state index contributed by atoms with van der Waals surface area (Å²) in [4.78, 5) is 3.97. The molecule has 0 amide bonds. The van der Waals surface area contributed by atoms with Crippen LogP contribution in [0.1, 0.15) is 31.2 Å². The van der Waals surface area contributed by atoms with E-state index in [1.807, 2.05) is 12.1 Å². The molecule has 2 atom stereocenters. The lowest BCUT2D eigenvalue weighted by Gasteiger charge is -2.39. The molecular formula is C12H17NO2. The Labute approximate surface area is 90.1 Å². The van der Waals surface area contributed by atoms with Gasteiger partial charge in [-0.3, -0.25) is 4.98 Å². The predicted molar refractivity (Wildman–Crippen MR) is 57.4 cm³/mol. The zero-order chi connectivity index (χ0) is 10.7. The summed E-state index contributed by atoms with van der Waals surface area (Å²) in [6, 6.07) is 3.74. The van der Waals surface area contributed by atoms with Gasteiger partial charge in [0.2, 0.25) is 0 Å². The topological polar surface area (TPSA) is 42.4 Å². The van der Waals surface area contributed by atoms with Crippen molar-refractivity contribution in [3.8, 4) is 0 Å². The third-order valence-electron chi connectivity index (χ3n) is 3.27. The van der Waals surface area contributed by atoms with E-state index in [1.54, 1.807) is 19.5 Å². The number of aromatic nitrogens is 1. The third-order valence-corrected chi connectivity index (χ3v) is 3.27. The van der Waals surface area contributed by atoms with Crippen molar-refractivity contribution >= 4 is 0 Å². The third kappa shape index (κ3) is 1.90. The number of hydrogen-bond donors (Lipinski definition) is 1. The van der Waals surface area contributed by atoms with Gasteiger partial charge in [-0.1, -0.05) is 12.8 Å². The van der Waals surface area contributed by atoms with Gasteiger partial charge in [0.1, 0.15) is 5.60 Å². The number of aliphatic hydroxyl groups is 1. The normalized spacial score (nSPS) is 31.5. The average molecular weight is 207 g/mol. The van der Waals surface area contributed by atoms with Crippen LogP contribution < -0.4 is 0 Å². The molecule has 15 heavy (non-hydrogen) atoms. The first-order chi connectivity index (χ1) is 7.27. The fourth-order valence-electron chi connectivity index (χ4n) is 2.41. The maximum absolute atomic E-state index is 10.6. The van der Waals surface area contributed by atoms with Crippen LogP contribution in [0.2, 0.25) is 0 Å². The highest BCUT2D eigenvalue weighted by Crippen LogP contribution is 2.38. The van der Waals surface area contributed by atoms with E-state index in [2.05, 4.69) is 4.98 Å². The lowest BCUT2D eigenvalue weighted by atomic mass is 9.77. The van der Waals surface area contributed by atoms with Crippen molar-refractivity contribution in [1.29, 1.82) is 0 Å². The molecule has 0 aromatic carbocycles. The number of ether oxygens (including phenoxy) is 1. The van der Waals surface area contributed by atoms with E-state index in [1.165, 1.54) is 0 Å². The lowest BCUT2D eigenvalue weighted by molar-refractivity contribution is -0.122. The van der Waals surface area contributed by atoms with Gasteiger partial charge >= 0.3 is 0 Å². The summed E-state index contributed by atoms with van der Waals surface area (Å²) in [5, 5.41) is 10.6. The Hall–Kier alpha value is -0.930. The summed E-state index contributed by atoms with van der Waals surface area (Å²) in [7, 11) is 1.67. The average Bonchev–Trinajstić information content (AvgIpc) is 2.31. The number of hydrogen-bond acceptors (Lipinski definition) is 3. The van der Waals surface area contributed by atoms with Crippen LogP contribution in [-0.4, -0.2) is 23.3 Å². The van der Waals surface area contributed by atoms with Crippen molar-refractivity contribution in [2.45, 2.75) is 37.4 Å². The molecule has 1 aromatic rings. The highest BCUT2D eigenvalue weighted by atomic mass is 16.5. The van der Waals surface area contributed by atoms with Gasteiger partial charge in [0.05, 0.1) is 6.10 Å². The van der Waals surface area contributed by atoms with Crippen molar-refractivity contribution in [3.05, 3.63) is 30.1 Å². The first-order valence-corrected chi connectivity index (χ1v) is 5.43. The molecule has 1 aromatic heterocycles. The molecule has 1 fully saturated rings. The van der Waals surface area contributed by atoms with Crippen LogP contribution in [0.4, 0.5) is 0 Å². The van der Waals surface area contributed by atoms with Gasteiger partial charge in [-0.25, -0.2) is 0 Å². The monoisotopic (exact) mass is 207 g/mol. The standard InChI is InChI=1S/C12H17NO2/c1-15-11-4-2-3-7-12(11,14)10-5-8-13-9-6-10/h5-6,8-9,11,14H,2-4,7H2,1H3. The van der Waals surface area contributed by atoms with Gasteiger partial charge in [0.15, 0.2) is 0 Å². The van der Waals surface area contributed by atoms with Gasteiger partial charge in [0, 0.05) is 19.5 Å². The van der Waals surface area contributed by atoms with Crippen LogP contribution in [0.15, 0.2) is 24.5 Å².